The van der Waals surface area contributed by atoms with E-state index in [4.69, 9.17) is 11.6 Å². The zero-order valence-electron chi connectivity index (χ0n) is 8.18. The fourth-order valence-electron chi connectivity index (χ4n) is 1.39. The Hall–Kier alpha value is -0.890. The lowest BCUT2D eigenvalue weighted by atomic mass is 9.96. The molecule has 0 aliphatic carbocycles. The van der Waals surface area contributed by atoms with Crippen molar-refractivity contribution in [3.05, 3.63) is 34.1 Å². The molecule has 0 spiro atoms. The van der Waals surface area contributed by atoms with Crippen molar-refractivity contribution in [2.45, 2.75) is 26.2 Å². The first-order valence-corrected chi connectivity index (χ1v) is 4.83. The topological polar surface area (TPSA) is 17.1 Å². The van der Waals surface area contributed by atoms with E-state index in [1.165, 1.54) is 0 Å². The SMILES string of the molecule is Cc1ccc(Cl)c(C(C)CC=O)c1F. The van der Waals surface area contributed by atoms with Crippen molar-refractivity contribution in [2.75, 3.05) is 0 Å². The summed E-state index contributed by atoms with van der Waals surface area (Å²) in [6.45, 7) is 3.47. The molecule has 1 aromatic carbocycles. The molecule has 0 fully saturated rings. The Bertz CT molecular complexity index is 349. The lowest BCUT2D eigenvalue weighted by molar-refractivity contribution is -0.108. The van der Waals surface area contributed by atoms with Crippen LogP contribution >= 0.6 is 11.6 Å². The van der Waals surface area contributed by atoms with Crippen LogP contribution in [0.15, 0.2) is 12.1 Å². The van der Waals surface area contributed by atoms with Crippen LogP contribution in [0.2, 0.25) is 5.02 Å². The summed E-state index contributed by atoms with van der Waals surface area (Å²) < 4.78 is 13.6. The summed E-state index contributed by atoms with van der Waals surface area (Å²) in [6.07, 6.45) is 1.07. The maximum Gasteiger partial charge on any atom is 0.131 e. The van der Waals surface area contributed by atoms with Crippen LogP contribution in [0.5, 0.6) is 0 Å². The average Bonchev–Trinajstić information content (AvgIpc) is 2.13. The Balaban J connectivity index is 3.17. The average molecular weight is 215 g/mol. The first kappa shape index (κ1) is 11.2. The summed E-state index contributed by atoms with van der Waals surface area (Å²) in [5.74, 6) is -0.466. The van der Waals surface area contributed by atoms with Gasteiger partial charge in [-0.05, 0) is 24.5 Å². The van der Waals surface area contributed by atoms with E-state index in [2.05, 4.69) is 0 Å². The summed E-state index contributed by atoms with van der Waals surface area (Å²) in [5, 5.41) is 0.391. The van der Waals surface area contributed by atoms with Crippen LogP contribution in [0, 0.1) is 12.7 Å². The van der Waals surface area contributed by atoms with Crippen molar-refractivity contribution in [1.29, 1.82) is 0 Å². The maximum atomic E-state index is 13.6. The Morgan fingerprint density at radius 2 is 2.21 bits per heavy atom. The minimum atomic E-state index is -0.299. The molecular weight excluding hydrogens is 203 g/mol. The molecule has 0 saturated carbocycles. The van der Waals surface area contributed by atoms with E-state index in [9.17, 15) is 9.18 Å². The van der Waals surface area contributed by atoms with Crippen LogP contribution < -0.4 is 0 Å². The molecule has 0 aromatic heterocycles. The third-order valence-corrected chi connectivity index (χ3v) is 2.59. The summed E-state index contributed by atoms with van der Waals surface area (Å²) >= 11 is 5.88. The van der Waals surface area contributed by atoms with Gasteiger partial charge in [0.15, 0.2) is 0 Å². The zero-order valence-corrected chi connectivity index (χ0v) is 8.94. The van der Waals surface area contributed by atoms with E-state index >= 15 is 0 Å². The van der Waals surface area contributed by atoms with Gasteiger partial charge in [0.25, 0.3) is 0 Å². The molecule has 0 bridgehead atoms. The van der Waals surface area contributed by atoms with E-state index < -0.39 is 0 Å². The van der Waals surface area contributed by atoms with Crippen molar-refractivity contribution in [1.82, 2.24) is 0 Å². The highest BCUT2D eigenvalue weighted by Gasteiger charge is 2.15. The molecule has 0 aliphatic rings. The number of hydrogen-bond donors (Lipinski definition) is 0. The van der Waals surface area contributed by atoms with E-state index in [-0.39, 0.29) is 11.7 Å². The lowest BCUT2D eigenvalue weighted by Gasteiger charge is -2.13. The number of rotatable bonds is 3. The van der Waals surface area contributed by atoms with Crippen molar-refractivity contribution < 1.29 is 9.18 Å². The smallest absolute Gasteiger partial charge is 0.131 e. The maximum absolute atomic E-state index is 13.6. The predicted octanol–water partition coefficient (Wildman–Crippen LogP) is 3.48. The summed E-state index contributed by atoms with van der Waals surface area (Å²) in [5.41, 5.74) is 1.00. The number of benzene rings is 1. The highest BCUT2D eigenvalue weighted by atomic mass is 35.5. The van der Waals surface area contributed by atoms with Gasteiger partial charge in [0.05, 0.1) is 0 Å². The highest BCUT2D eigenvalue weighted by molar-refractivity contribution is 6.31. The number of carbonyl (C=O) groups excluding carboxylic acids is 1. The highest BCUT2D eigenvalue weighted by Crippen LogP contribution is 2.30. The van der Waals surface area contributed by atoms with Gasteiger partial charge in [-0.15, -0.1) is 0 Å². The molecule has 3 heteroatoms. The van der Waals surface area contributed by atoms with Gasteiger partial charge in [-0.1, -0.05) is 24.6 Å². The second-order valence-electron chi connectivity index (χ2n) is 3.40. The number of aryl methyl sites for hydroxylation is 1. The van der Waals surface area contributed by atoms with Gasteiger partial charge >= 0.3 is 0 Å². The van der Waals surface area contributed by atoms with E-state index in [1.807, 2.05) is 0 Å². The quantitative estimate of drug-likeness (QED) is 0.704. The third kappa shape index (κ3) is 2.13. The molecule has 1 unspecified atom stereocenters. The standard InChI is InChI=1S/C11H12ClFO/c1-7(5-6-14)10-9(12)4-3-8(2)11(10)13/h3-4,6-7H,5H2,1-2H3. The van der Waals surface area contributed by atoms with Gasteiger partial charge < -0.3 is 4.79 Å². The molecule has 0 radical (unpaired) electrons. The van der Waals surface area contributed by atoms with Crippen LogP contribution in [-0.2, 0) is 4.79 Å². The van der Waals surface area contributed by atoms with Gasteiger partial charge in [-0.2, -0.15) is 0 Å². The van der Waals surface area contributed by atoms with Gasteiger partial charge in [0.2, 0.25) is 0 Å². The number of hydrogen-bond acceptors (Lipinski definition) is 1. The van der Waals surface area contributed by atoms with Crippen molar-refractivity contribution in [3.8, 4) is 0 Å². The van der Waals surface area contributed by atoms with Crippen molar-refractivity contribution >= 4 is 17.9 Å². The molecule has 0 saturated heterocycles. The van der Waals surface area contributed by atoms with Crippen LogP contribution in [0.4, 0.5) is 4.39 Å². The van der Waals surface area contributed by atoms with Gasteiger partial charge in [-0.25, -0.2) is 4.39 Å². The molecule has 1 aromatic rings. The van der Waals surface area contributed by atoms with Gasteiger partial charge in [0.1, 0.15) is 12.1 Å². The third-order valence-electron chi connectivity index (χ3n) is 2.26. The monoisotopic (exact) mass is 214 g/mol. The minimum absolute atomic E-state index is 0.167. The number of carbonyl (C=O) groups is 1. The predicted molar refractivity (Wildman–Crippen MR) is 55.2 cm³/mol. The molecule has 1 rings (SSSR count). The molecular formula is C11H12ClFO. The number of aldehydes is 1. The molecule has 76 valence electrons. The largest absolute Gasteiger partial charge is 0.303 e. The molecule has 1 nitrogen and oxygen atoms in total. The minimum Gasteiger partial charge on any atom is -0.303 e. The summed E-state index contributed by atoms with van der Waals surface area (Å²) in [6, 6.07) is 3.30. The van der Waals surface area contributed by atoms with Crippen molar-refractivity contribution in [2.24, 2.45) is 0 Å². The summed E-state index contributed by atoms with van der Waals surface area (Å²) in [7, 11) is 0. The van der Waals surface area contributed by atoms with Crippen LogP contribution in [-0.4, -0.2) is 6.29 Å². The molecule has 0 amide bonds. The Morgan fingerprint density at radius 3 is 2.79 bits per heavy atom. The second kappa shape index (κ2) is 4.56. The van der Waals surface area contributed by atoms with Crippen LogP contribution in [0.25, 0.3) is 0 Å². The normalized spacial score (nSPS) is 12.6. The Morgan fingerprint density at radius 1 is 1.57 bits per heavy atom. The molecule has 0 heterocycles. The van der Waals surface area contributed by atoms with Gasteiger partial charge in [0, 0.05) is 17.0 Å². The molecule has 0 aliphatic heterocycles. The first-order valence-electron chi connectivity index (χ1n) is 4.46. The fraction of sp³-hybridized carbons (Fsp3) is 0.364. The summed E-state index contributed by atoms with van der Waals surface area (Å²) in [4.78, 5) is 10.3. The fourth-order valence-corrected chi connectivity index (χ4v) is 1.72. The van der Waals surface area contributed by atoms with E-state index in [0.29, 0.717) is 22.6 Å². The molecule has 1 atom stereocenters. The lowest BCUT2D eigenvalue weighted by Crippen LogP contribution is -2.01. The molecule has 0 N–H and O–H groups in total. The molecule has 14 heavy (non-hydrogen) atoms. The van der Waals surface area contributed by atoms with Crippen molar-refractivity contribution in [3.63, 3.8) is 0 Å². The first-order chi connectivity index (χ1) is 6.57. The van der Waals surface area contributed by atoms with E-state index in [0.717, 1.165) is 6.29 Å². The zero-order chi connectivity index (χ0) is 10.7. The van der Waals surface area contributed by atoms with E-state index in [1.54, 1.807) is 26.0 Å². The Labute approximate surface area is 87.9 Å². The van der Waals surface area contributed by atoms with Crippen LogP contribution in [0.1, 0.15) is 30.4 Å². The van der Waals surface area contributed by atoms with Crippen LogP contribution in [0.3, 0.4) is 0 Å². The number of halogens is 2. The second-order valence-corrected chi connectivity index (χ2v) is 3.80. The van der Waals surface area contributed by atoms with Gasteiger partial charge in [-0.3, -0.25) is 0 Å². The Kier molecular flexibility index (Phi) is 3.64.